The zero-order valence-electron chi connectivity index (χ0n) is 4.11. The summed E-state index contributed by atoms with van der Waals surface area (Å²) >= 11 is 3.28. The molecule has 1 rings (SSSR count). The number of rotatable bonds is 0. The van der Waals surface area contributed by atoms with E-state index in [2.05, 4.69) is 15.9 Å². The molecule has 0 aromatic rings. The summed E-state index contributed by atoms with van der Waals surface area (Å²) in [4.78, 5) is 0. The molecule has 0 bridgehead atoms. The van der Waals surface area contributed by atoms with Crippen LogP contribution in [-0.4, -0.2) is 6.61 Å². The first-order valence-corrected chi connectivity index (χ1v) is 3.33. The Morgan fingerprint density at radius 3 is 2.57 bits per heavy atom. The molecule has 1 heterocycles. The molecule has 1 nitrogen and oxygen atoms in total. The van der Waals surface area contributed by atoms with E-state index in [-0.39, 0.29) is 0 Å². The largest absolute Gasteiger partial charge is 0.538 e. The fourth-order valence-electron chi connectivity index (χ4n) is 0.621. The Kier molecular flexibility index (Phi) is 2.13. The van der Waals surface area contributed by atoms with Gasteiger partial charge in [0.2, 0.25) is 0 Å². The van der Waals surface area contributed by atoms with E-state index >= 15 is 0 Å². The van der Waals surface area contributed by atoms with Crippen molar-refractivity contribution in [2.75, 3.05) is 6.61 Å². The van der Waals surface area contributed by atoms with Crippen molar-refractivity contribution in [3.63, 3.8) is 0 Å². The molecule has 0 amide bonds. The standard InChI is InChI=1S/C5H8BrO/c6-5-3-1-2-4-7-5/h1-4H2/q-1. The fourth-order valence-corrected chi connectivity index (χ4v) is 1.06. The van der Waals surface area contributed by atoms with Gasteiger partial charge in [-0.3, -0.25) is 15.9 Å². The number of halogens is 1. The molecule has 0 aromatic carbocycles. The van der Waals surface area contributed by atoms with Gasteiger partial charge in [0.05, 0.1) is 0 Å². The Hall–Kier alpha value is 0.440. The molecule has 0 unspecified atom stereocenters. The first-order chi connectivity index (χ1) is 3.39. The molecule has 1 saturated heterocycles. The highest BCUT2D eigenvalue weighted by molar-refractivity contribution is 9.11. The lowest BCUT2D eigenvalue weighted by Crippen LogP contribution is -2.04. The van der Waals surface area contributed by atoms with Crippen LogP contribution in [0.15, 0.2) is 0 Å². The highest BCUT2D eigenvalue weighted by Crippen LogP contribution is 2.23. The predicted molar refractivity (Wildman–Crippen MR) is 32.0 cm³/mol. The van der Waals surface area contributed by atoms with Crippen LogP contribution in [-0.2, 0) is 4.74 Å². The topological polar surface area (TPSA) is 9.23 Å². The van der Waals surface area contributed by atoms with E-state index in [1.807, 2.05) is 0 Å². The second-order valence-corrected chi connectivity index (χ2v) is 2.55. The lowest BCUT2D eigenvalue weighted by atomic mass is 10.2. The average Bonchev–Trinajstić information content (AvgIpc) is 1.69. The van der Waals surface area contributed by atoms with Gasteiger partial charge in [-0.1, -0.05) is 6.42 Å². The van der Waals surface area contributed by atoms with Gasteiger partial charge >= 0.3 is 0 Å². The summed E-state index contributed by atoms with van der Waals surface area (Å²) in [7, 11) is 0. The molecule has 0 radical (unpaired) electrons. The van der Waals surface area contributed by atoms with Gasteiger partial charge in [-0.05, 0) is 6.42 Å². The molecule has 1 aliphatic heterocycles. The fraction of sp³-hybridized carbons (Fsp3) is 0.800. The molecule has 1 fully saturated rings. The Labute approximate surface area is 52.2 Å². The summed E-state index contributed by atoms with van der Waals surface area (Å²) in [5, 5.41) is 1.03. The van der Waals surface area contributed by atoms with Crippen LogP contribution in [0.1, 0.15) is 19.3 Å². The molecule has 2 heteroatoms. The normalized spacial score (nSPS) is 25.3. The summed E-state index contributed by atoms with van der Waals surface area (Å²) in [5.41, 5.74) is 0. The average molecular weight is 164 g/mol. The maximum atomic E-state index is 5.11. The van der Waals surface area contributed by atoms with Crippen molar-refractivity contribution in [3.8, 4) is 0 Å². The molecule has 0 atom stereocenters. The zero-order valence-corrected chi connectivity index (χ0v) is 5.70. The monoisotopic (exact) mass is 163 g/mol. The molecular weight excluding hydrogens is 156 g/mol. The van der Waals surface area contributed by atoms with E-state index in [0.717, 1.165) is 18.0 Å². The van der Waals surface area contributed by atoms with Gasteiger partial charge in [0, 0.05) is 6.61 Å². The Bertz CT molecular complexity index is 50.0. The predicted octanol–water partition coefficient (Wildman–Crippen LogP) is 2.07. The molecule has 7 heavy (non-hydrogen) atoms. The van der Waals surface area contributed by atoms with Crippen molar-refractivity contribution in [3.05, 3.63) is 5.01 Å². The van der Waals surface area contributed by atoms with Crippen molar-refractivity contribution in [2.24, 2.45) is 0 Å². The van der Waals surface area contributed by atoms with Crippen LogP contribution >= 0.6 is 15.9 Å². The van der Waals surface area contributed by atoms with E-state index < -0.39 is 0 Å². The van der Waals surface area contributed by atoms with Crippen molar-refractivity contribution in [2.45, 2.75) is 19.3 Å². The summed E-state index contributed by atoms with van der Waals surface area (Å²) < 4.78 is 5.11. The van der Waals surface area contributed by atoms with E-state index in [1.165, 1.54) is 12.8 Å². The van der Waals surface area contributed by atoms with Crippen LogP contribution < -0.4 is 0 Å². The Morgan fingerprint density at radius 2 is 2.29 bits per heavy atom. The highest BCUT2D eigenvalue weighted by Gasteiger charge is 1.95. The van der Waals surface area contributed by atoms with Crippen LogP contribution in [0.4, 0.5) is 0 Å². The first kappa shape index (κ1) is 5.57. The van der Waals surface area contributed by atoms with Crippen LogP contribution in [0.5, 0.6) is 0 Å². The zero-order chi connectivity index (χ0) is 5.11. The van der Waals surface area contributed by atoms with Crippen LogP contribution in [0.3, 0.4) is 0 Å². The summed E-state index contributed by atoms with van der Waals surface area (Å²) in [6, 6.07) is 0. The van der Waals surface area contributed by atoms with Gasteiger partial charge in [-0.25, -0.2) is 0 Å². The first-order valence-electron chi connectivity index (χ1n) is 2.54. The quantitative estimate of drug-likeness (QED) is 0.498. The van der Waals surface area contributed by atoms with Gasteiger partial charge in [0.1, 0.15) is 0 Å². The van der Waals surface area contributed by atoms with Gasteiger partial charge in [-0.15, -0.1) is 11.4 Å². The Morgan fingerprint density at radius 1 is 1.43 bits per heavy atom. The van der Waals surface area contributed by atoms with E-state index in [9.17, 15) is 0 Å². The molecule has 0 aliphatic carbocycles. The molecule has 42 valence electrons. The minimum Gasteiger partial charge on any atom is -0.538 e. The lowest BCUT2D eigenvalue weighted by Gasteiger charge is -2.29. The summed E-state index contributed by atoms with van der Waals surface area (Å²) in [5.74, 6) is 0. The van der Waals surface area contributed by atoms with Crippen LogP contribution in [0, 0.1) is 5.01 Å². The highest BCUT2D eigenvalue weighted by atomic mass is 79.9. The third kappa shape index (κ3) is 1.78. The van der Waals surface area contributed by atoms with Gasteiger partial charge in [0.25, 0.3) is 0 Å². The lowest BCUT2D eigenvalue weighted by molar-refractivity contribution is 0.144. The molecule has 0 saturated carbocycles. The third-order valence-electron chi connectivity index (χ3n) is 1.03. The molecule has 0 aromatic heterocycles. The maximum Gasteiger partial charge on any atom is 0.0120 e. The number of hydrogen-bond acceptors (Lipinski definition) is 1. The minimum atomic E-state index is 0.903. The summed E-state index contributed by atoms with van der Waals surface area (Å²) in [6.45, 7) is 0.903. The van der Waals surface area contributed by atoms with Gasteiger partial charge < -0.3 is 4.74 Å². The SMILES string of the molecule is Br[C-]1CCCCO1. The van der Waals surface area contributed by atoms with Gasteiger partial charge in [-0.2, -0.15) is 0 Å². The smallest absolute Gasteiger partial charge is 0.0120 e. The van der Waals surface area contributed by atoms with E-state index in [0.29, 0.717) is 0 Å². The molecule has 0 spiro atoms. The maximum absolute atomic E-state index is 5.11. The molecular formula is C5H8BrO-. The minimum absolute atomic E-state index is 0.903. The second kappa shape index (κ2) is 2.68. The third-order valence-corrected chi connectivity index (χ3v) is 1.65. The second-order valence-electron chi connectivity index (χ2n) is 1.66. The van der Waals surface area contributed by atoms with Crippen LogP contribution in [0.2, 0.25) is 0 Å². The van der Waals surface area contributed by atoms with Gasteiger partial charge in [0.15, 0.2) is 0 Å². The van der Waals surface area contributed by atoms with Crippen molar-refractivity contribution >= 4 is 15.9 Å². The molecule has 0 N–H and O–H groups in total. The van der Waals surface area contributed by atoms with Crippen LogP contribution in [0.25, 0.3) is 0 Å². The van der Waals surface area contributed by atoms with Crippen molar-refractivity contribution < 1.29 is 4.74 Å². The molecule has 1 aliphatic rings. The van der Waals surface area contributed by atoms with E-state index in [4.69, 9.17) is 4.74 Å². The number of ether oxygens (including phenoxy) is 1. The van der Waals surface area contributed by atoms with Crippen molar-refractivity contribution in [1.82, 2.24) is 0 Å². The van der Waals surface area contributed by atoms with E-state index in [1.54, 1.807) is 0 Å². The Balaban J connectivity index is 2.12. The summed E-state index contributed by atoms with van der Waals surface area (Å²) in [6.07, 6.45) is 3.59. The van der Waals surface area contributed by atoms with Crippen molar-refractivity contribution in [1.29, 1.82) is 0 Å². The number of hydrogen-bond donors (Lipinski definition) is 0.